The summed E-state index contributed by atoms with van der Waals surface area (Å²) in [5.41, 5.74) is 8.75. The molecule has 13 unspecified atom stereocenters. The number of piperidine rings is 1. The number of para-hydroxylation sites is 1. The molecular weight excluding hydrogens is 1080 g/mol. The number of hydrogen-bond acceptors (Lipinski definition) is 13. The fraction of sp³-hybridized carbons (Fsp3) is 0.449. The van der Waals surface area contributed by atoms with Gasteiger partial charge in [-0.2, -0.15) is 0 Å². The molecule has 10 N–H and O–H groups in total. The van der Waals surface area contributed by atoms with E-state index < -0.39 is 41.8 Å². The molecule has 2 spiro atoms. The number of nitrogens with one attached hydrogen (secondary N) is 3. The smallest absolute Gasteiger partial charge is 0.318 e. The average Bonchev–Trinajstić information content (AvgIpc) is 1.64. The van der Waals surface area contributed by atoms with Gasteiger partial charge in [0.2, 0.25) is 0 Å². The fourth-order valence-electron chi connectivity index (χ4n) is 17.0. The number of rotatable bonds is 10. The van der Waals surface area contributed by atoms with Crippen molar-refractivity contribution >= 4 is 39.3 Å². The minimum atomic E-state index is -1.36. The first-order valence-corrected chi connectivity index (χ1v) is 30.4. The van der Waals surface area contributed by atoms with E-state index in [4.69, 9.17) is 14.2 Å². The zero-order valence-corrected chi connectivity index (χ0v) is 48.1. The number of hydrogen-bond donors (Lipinski definition) is 10. The van der Waals surface area contributed by atoms with Crippen LogP contribution in [0.1, 0.15) is 124 Å². The zero-order chi connectivity index (χ0) is 58.9. The van der Waals surface area contributed by atoms with E-state index in [1.54, 1.807) is 24.3 Å². The van der Waals surface area contributed by atoms with Crippen LogP contribution < -0.4 is 14.8 Å². The van der Waals surface area contributed by atoms with Crippen molar-refractivity contribution in [1.82, 2.24) is 19.9 Å². The maximum Gasteiger partial charge on any atom is 0.318 e. The zero-order valence-electron chi connectivity index (χ0n) is 48.1. The Morgan fingerprint density at radius 3 is 2.54 bits per heavy atom. The number of phenols is 3. The lowest BCUT2D eigenvalue weighted by atomic mass is 9.47. The Morgan fingerprint density at radius 1 is 0.871 bits per heavy atom. The van der Waals surface area contributed by atoms with E-state index in [0.717, 1.165) is 99.7 Å². The van der Waals surface area contributed by atoms with Crippen LogP contribution in [0.3, 0.4) is 0 Å². The first-order chi connectivity index (χ1) is 41.1. The third kappa shape index (κ3) is 10.3. The molecule has 0 radical (unpaired) electrons. The van der Waals surface area contributed by atoms with Crippen molar-refractivity contribution in [2.75, 3.05) is 20.3 Å². The van der Waals surface area contributed by atoms with Crippen LogP contribution in [0, 0.1) is 40.9 Å². The summed E-state index contributed by atoms with van der Waals surface area (Å²) in [6.45, 7) is 1.54. The number of phenolic OH excluding ortho intramolecular Hbond substituents is 3. The summed E-state index contributed by atoms with van der Waals surface area (Å²) in [4.78, 5) is 36.7. The van der Waals surface area contributed by atoms with Gasteiger partial charge >= 0.3 is 5.97 Å². The molecule has 16 nitrogen and oxygen atoms in total. The number of carbonyl (C=O) groups is 2. The molecule has 3 saturated carbocycles. The van der Waals surface area contributed by atoms with Crippen molar-refractivity contribution in [2.45, 2.75) is 145 Å². The molecule has 13 rings (SSSR count). The number of fused-ring (bicyclic) bond motifs is 10. The monoisotopic (exact) mass is 1150 g/mol. The minimum absolute atomic E-state index is 0.00221. The highest BCUT2D eigenvalue weighted by molar-refractivity contribution is 5.94. The lowest BCUT2D eigenvalue weighted by molar-refractivity contribution is -0.155. The van der Waals surface area contributed by atoms with Gasteiger partial charge in [0.15, 0.2) is 23.0 Å². The van der Waals surface area contributed by atoms with Gasteiger partial charge in [0, 0.05) is 65.5 Å². The van der Waals surface area contributed by atoms with E-state index in [9.17, 15) is 40.5 Å². The van der Waals surface area contributed by atoms with Gasteiger partial charge in [-0.25, -0.2) is 0 Å². The molecule has 444 valence electrons. The molecule has 3 aromatic heterocycles. The number of carbonyl (C=O) groups excluding carboxylic acids is 2. The molecule has 2 bridgehead atoms. The highest BCUT2D eigenvalue weighted by Crippen LogP contribution is 2.69. The van der Waals surface area contributed by atoms with Crippen molar-refractivity contribution in [3.05, 3.63) is 131 Å². The second kappa shape index (κ2) is 22.7. The summed E-state index contributed by atoms with van der Waals surface area (Å²) < 4.78 is 20.1. The Balaban J connectivity index is 0.965. The van der Waals surface area contributed by atoms with Gasteiger partial charge in [0.05, 0.1) is 60.5 Å². The standard InChI is InChI=1S/C69H76N4O12/c1-38(75)53-17-19-64(73-56-20-23-70-55(56)35-57(73)40-8-7-9-42(76)28-40)69(72-53)22-21-68(37-69)36-41-29-51-48-33-60(81)61(83-2)34-49(48)50(66(41)47-16-15-43(77)31-52(47)68)30-44(78)32-63(59(80)26-39-14-18-58(79)62(27-39)84-25-24-74)85-65(82)13-6-4-11-46-45-10-3-5-12-54(45)71-67(46)51/h3,5,7-10,12,14,18,20,23,27-29,33-35,38,41,43,47,50,52-53,59,63-64,66,70-72,74-77,79-81H,11,13,15-17,19,21-22,24-26,30-32,36-37H2,1-2H3. The van der Waals surface area contributed by atoms with Gasteiger partial charge in [0.1, 0.15) is 30.7 Å². The maximum atomic E-state index is 15.5. The SMILES string of the molecule is COc1cc2c(cc1O)C1=CC3CC4(CCC5(C4)NC(C(C)O)CCC5n4c(-c5cccc(O)c5)cc5[nH]ccc54)C4CC(O)CCC4C3C2CC(=O)CC(C(O)Cc2ccc(O)c(OCCO)c2)OC(=O)CC#CCc2c1[nH]c1ccccc21. The van der Waals surface area contributed by atoms with Crippen molar-refractivity contribution in [2.24, 2.45) is 29.1 Å². The van der Waals surface area contributed by atoms with Crippen molar-refractivity contribution in [3.63, 3.8) is 0 Å². The highest BCUT2D eigenvalue weighted by Gasteiger charge is 2.64. The molecule has 4 fully saturated rings. The summed E-state index contributed by atoms with van der Waals surface area (Å²) in [5, 5.41) is 83.6. The maximum absolute atomic E-state index is 15.5. The number of ether oxygens (including phenoxy) is 3. The molecule has 4 aliphatic carbocycles. The van der Waals surface area contributed by atoms with Crippen LogP contribution in [0.4, 0.5) is 0 Å². The van der Waals surface area contributed by atoms with Gasteiger partial charge in [-0.05, 0) is 177 Å². The molecule has 1 saturated heterocycles. The van der Waals surface area contributed by atoms with Crippen LogP contribution in [0.25, 0.3) is 38.8 Å². The third-order valence-corrected chi connectivity index (χ3v) is 20.5. The first-order valence-electron chi connectivity index (χ1n) is 30.4. The number of benzene rings is 4. The second-order valence-corrected chi connectivity index (χ2v) is 25.3. The number of aliphatic hydroxyl groups excluding tert-OH is 4. The average molecular weight is 1150 g/mol. The molecule has 5 heterocycles. The van der Waals surface area contributed by atoms with Gasteiger partial charge < -0.3 is 69.8 Å². The van der Waals surface area contributed by atoms with Gasteiger partial charge in [-0.3, -0.25) is 9.59 Å². The molecule has 7 aromatic rings. The number of methoxy groups -OCH3 is 1. The molecule has 2 aliphatic heterocycles. The van der Waals surface area contributed by atoms with Crippen LogP contribution in [0.5, 0.6) is 28.7 Å². The molecule has 0 amide bonds. The summed E-state index contributed by atoms with van der Waals surface area (Å²) in [5.74, 6) is 5.00. The number of cyclic esters (lactones) is 1. The largest absolute Gasteiger partial charge is 0.508 e. The van der Waals surface area contributed by atoms with E-state index in [2.05, 4.69) is 56.0 Å². The molecule has 6 aliphatic rings. The van der Waals surface area contributed by atoms with Crippen LogP contribution in [-0.2, 0) is 27.2 Å². The van der Waals surface area contributed by atoms with Crippen molar-refractivity contribution in [1.29, 1.82) is 0 Å². The first kappa shape index (κ1) is 56.6. The van der Waals surface area contributed by atoms with E-state index in [-0.39, 0.29) is 121 Å². The number of aromatic hydroxyl groups is 3. The lowest BCUT2D eigenvalue weighted by Crippen LogP contribution is -2.61. The number of aliphatic hydroxyl groups is 4. The van der Waals surface area contributed by atoms with Gasteiger partial charge in [-0.1, -0.05) is 54.3 Å². The number of aromatic amines is 2. The van der Waals surface area contributed by atoms with Crippen molar-refractivity contribution in [3.8, 4) is 51.8 Å². The van der Waals surface area contributed by atoms with Crippen LogP contribution in [0.15, 0.2) is 103 Å². The summed E-state index contributed by atoms with van der Waals surface area (Å²) in [7, 11) is 1.52. The Kier molecular flexibility index (Phi) is 15.1. The van der Waals surface area contributed by atoms with E-state index >= 15 is 4.79 Å². The number of aromatic nitrogens is 3. The third-order valence-electron chi connectivity index (χ3n) is 20.5. The van der Waals surface area contributed by atoms with Gasteiger partial charge in [0.25, 0.3) is 0 Å². The lowest BCUT2D eigenvalue weighted by Gasteiger charge is -2.58. The number of allylic oxidation sites excluding steroid dienone is 1. The van der Waals surface area contributed by atoms with E-state index in [1.807, 2.05) is 55.6 Å². The van der Waals surface area contributed by atoms with Crippen LogP contribution in [-0.4, -0.2) is 118 Å². The highest BCUT2D eigenvalue weighted by atomic mass is 16.6. The molecule has 85 heavy (non-hydrogen) atoms. The predicted molar refractivity (Wildman–Crippen MR) is 321 cm³/mol. The van der Waals surface area contributed by atoms with Crippen molar-refractivity contribution < 1.29 is 59.5 Å². The Bertz CT molecular complexity index is 3790. The molecular formula is C69H76N4O12. The Morgan fingerprint density at radius 2 is 1.72 bits per heavy atom. The molecule has 4 aromatic carbocycles. The predicted octanol–water partition coefficient (Wildman–Crippen LogP) is 9.65. The van der Waals surface area contributed by atoms with E-state index in [0.29, 0.717) is 24.8 Å². The minimum Gasteiger partial charge on any atom is -0.508 e. The number of esters is 1. The fourth-order valence-corrected chi connectivity index (χ4v) is 17.0. The Labute approximate surface area is 493 Å². The quantitative estimate of drug-likeness (QED) is 0.0453. The topological polar surface area (TPSA) is 252 Å². The normalized spacial score (nSPS) is 29.2. The molecule has 13 atom stereocenters. The van der Waals surface area contributed by atoms with Gasteiger partial charge in [-0.15, -0.1) is 0 Å². The van der Waals surface area contributed by atoms with Crippen LogP contribution >= 0.6 is 0 Å². The summed E-state index contributed by atoms with van der Waals surface area (Å²) in [6, 6.07) is 27.9. The number of Topliss-reactive ketones (excluding diaryl/α,β-unsaturated/α-hetero) is 1. The number of nitrogens with zero attached hydrogens (tertiary/aromatic N) is 1. The second-order valence-electron chi connectivity index (χ2n) is 25.3. The van der Waals surface area contributed by atoms with Crippen LogP contribution in [0.2, 0.25) is 0 Å². The number of ketones is 1. The molecule has 16 heteroatoms. The number of H-pyrrole nitrogens is 2. The summed E-state index contributed by atoms with van der Waals surface area (Å²) in [6.07, 6.45) is 6.76. The van der Waals surface area contributed by atoms with E-state index in [1.165, 1.54) is 13.2 Å². The Hall–Kier alpha value is -7.52. The summed E-state index contributed by atoms with van der Waals surface area (Å²) >= 11 is 0.